The number of aromatic nitrogens is 3. The second-order valence-corrected chi connectivity index (χ2v) is 7.41. The minimum absolute atomic E-state index is 0.0422. The molecule has 3 rings (SSSR count). The highest BCUT2D eigenvalue weighted by molar-refractivity contribution is 7.99. The second-order valence-electron chi connectivity index (χ2n) is 5.58. The van der Waals surface area contributed by atoms with Crippen molar-refractivity contribution in [3.05, 3.63) is 42.7 Å². The Hall–Kier alpha value is -1.73. The maximum Gasteiger partial charge on any atom is 0.234 e. The van der Waals surface area contributed by atoms with Gasteiger partial charge in [-0.1, -0.05) is 23.9 Å². The Bertz CT molecular complexity index is 740. The monoisotopic (exact) mass is 360 g/mol. The number of allylic oxidation sites excluding steroid dienone is 1. The topological polar surface area (TPSA) is 59.8 Å². The van der Waals surface area contributed by atoms with E-state index in [-0.39, 0.29) is 5.91 Å². The molecule has 0 bridgehead atoms. The lowest BCUT2D eigenvalue weighted by atomic mass is 10.3. The molecule has 1 heterocycles. The van der Waals surface area contributed by atoms with Crippen LogP contribution in [0.25, 0.3) is 0 Å². The van der Waals surface area contributed by atoms with Gasteiger partial charge < -0.3 is 9.88 Å². The molecule has 7 heteroatoms. The number of rotatable bonds is 8. The Labute approximate surface area is 150 Å². The molecule has 1 saturated carbocycles. The van der Waals surface area contributed by atoms with E-state index in [0.29, 0.717) is 18.2 Å². The van der Waals surface area contributed by atoms with Crippen molar-refractivity contribution in [2.75, 3.05) is 17.3 Å². The van der Waals surface area contributed by atoms with Crippen LogP contribution in [0.1, 0.15) is 24.6 Å². The number of carbonyl (C=O) groups is 1. The zero-order valence-corrected chi connectivity index (χ0v) is 15.2. The van der Waals surface area contributed by atoms with Crippen LogP contribution in [0.15, 0.2) is 47.0 Å². The SMILES string of the molecule is C=CCn1c(SCC(=O)Nc2cccc(SC)c2)nnc1C1CC1. The molecule has 0 radical (unpaired) electrons. The van der Waals surface area contributed by atoms with Gasteiger partial charge in [-0.2, -0.15) is 0 Å². The van der Waals surface area contributed by atoms with E-state index >= 15 is 0 Å². The normalized spacial score (nSPS) is 13.7. The number of thioether (sulfide) groups is 2. The summed E-state index contributed by atoms with van der Waals surface area (Å²) >= 11 is 3.07. The number of benzene rings is 1. The molecule has 1 fully saturated rings. The maximum absolute atomic E-state index is 12.2. The van der Waals surface area contributed by atoms with E-state index in [4.69, 9.17) is 0 Å². The smallest absolute Gasteiger partial charge is 0.234 e. The first-order valence-corrected chi connectivity index (χ1v) is 10.0. The van der Waals surface area contributed by atoms with Crippen LogP contribution in [-0.2, 0) is 11.3 Å². The molecule has 0 unspecified atom stereocenters. The first-order chi connectivity index (χ1) is 11.7. The van der Waals surface area contributed by atoms with Crippen LogP contribution in [0.4, 0.5) is 5.69 Å². The first-order valence-electron chi connectivity index (χ1n) is 7.82. The van der Waals surface area contributed by atoms with Gasteiger partial charge in [0.25, 0.3) is 0 Å². The van der Waals surface area contributed by atoms with Crippen molar-refractivity contribution in [3.8, 4) is 0 Å². The predicted molar refractivity (Wildman–Crippen MR) is 99.8 cm³/mol. The molecule has 126 valence electrons. The van der Waals surface area contributed by atoms with Gasteiger partial charge in [-0.15, -0.1) is 28.5 Å². The van der Waals surface area contributed by atoms with Crippen LogP contribution in [0.3, 0.4) is 0 Å². The van der Waals surface area contributed by atoms with Crippen molar-refractivity contribution in [2.45, 2.75) is 35.4 Å². The number of hydrogen-bond donors (Lipinski definition) is 1. The minimum atomic E-state index is -0.0422. The van der Waals surface area contributed by atoms with E-state index in [2.05, 4.69) is 26.7 Å². The third-order valence-corrected chi connectivity index (χ3v) is 5.38. The summed E-state index contributed by atoms with van der Waals surface area (Å²) in [7, 11) is 0. The summed E-state index contributed by atoms with van der Waals surface area (Å²) in [5.74, 6) is 1.81. The van der Waals surface area contributed by atoms with E-state index in [0.717, 1.165) is 21.6 Å². The maximum atomic E-state index is 12.2. The van der Waals surface area contributed by atoms with Gasteiger partial charge in [0, 0.05) is 23.0 Å². The number of nitrogens with zero attached hydrogens (tertiary/aromatic N) is 3. The lowest BCUT2D eigenvalue weighted by molar-refractivity contribution is -0.113. The summed E-state index contributed by atoms with van der Waals surface area (Å²) in [6, 6.07) is 7.83. The fraction of sp³-hybridized carbons (Fsp3) is 0.353. The van der Waals surface area contributed by atoms with Crippen molar-refractivity contribution in [3.63, 3.8) is 0 Å². The summed E-state index contributed by atoms with van der Waals surface area (Å²) in [6.07, 6.45) is 6.20. The zero-order chi connectivity index (χ0) is 16.9. The molecular weight excluding hydrogens is 340 g/mol. The van der Waals surface area contributed by atoms with Gasteiger partial charge >= 0.3 is 0 Å². The largest absolute Gasteiger partial charge is 0.325 e. The Morgan fingerprint density at radius 2 is 2.29 bits per heavy atom. The summed E-state index contributed by atoms with van der Waals surface area (Å²) in [5, 5.41) is 12.3. The molecule has 0 aliphatic heterocycles. The Morgan fingerprint density at radius 3 is 3.00 bits per heavy atom. The Morgan fingerprint density at radius 1 is 1.46 bits per heavy atom. The lowest BCUT2D eigenvalue weighted by Gasteiger charge is -2.08. The fourth-order valence-electron chi connectivity index (χ4n) is 2.38. The van der Waals surface area contributed by atoms with Gasteiger partial charge in [-0.05, 0) is 37.3 Å². The van der Waals surface area contributed by atoms with Gasteiger partial charge in [0.05, 0.1) is 5.75 Å². The van der Waals surface area contributed by atoms with Crippen LogP contribution >= 0.6 is 23.5 Å². The van der Waals surface area contributed by atoms with Crippen LogP contribution in [-0.4, -0.2) is 32.7 Å². The van der Waals surface area contributed by atoms with E-state index in [1.165, 1.54) is 24.6 Å². The molecular formula is C17H20N4OS2. The summed E-state index contributed by atoms with van der Waals surface area (Å²) in [5.41, 5.74) is 0.818. The molecule has 1 N–H and O–H groups in total. The van der Waals surface area contributed by atoms with Crippen LogP contribution < -0.4 is 5.32 Å². The predicted octanol–water partition coefficient (Wildman–Crippen LogP) is 3.79. The third kappa shape index (κ3) is 4.21. The minimum Gasteiger partial charge on any atom is -0.325 e. The van der Waals surface area contributed by atoms with Crippen LogP contribution in [0, 0.1) is 0 Å². The molecule has 1 aromatic carbocycles. The van der Waals surface area contributed by atoms with Crippen molar-refractivity contribution >= 4 is 35.1 Å². The fourth-order valence-corrected chi connectivity index (χ4v) is 3.59. The number of amides is 1. The summed E-state index contributed by atoms with van der Waals surface area (Å²) < 4.78 is 2.07. The average Bonchev–Trinajstić information content (AvgIpc) is 3.36. The number of nitrogens with one attached hydrogen (secondary N) is 1. The quantitative estimate of drug-likeness (QED) is 0.573. The first kappa shape index (κ1) is 17.1. The van der Waals surface area contributed by atoms with Gasteiger partial charge in [0.15, 0.2) is 5.16 Å². The van der Waals surface area contributed by atoms with Crippen molar-refractivity contribution in [1.82, 2.24) is 14.8 Å². The van der Waals surface area contributed by atoms with E-state index in [1.54, 1.807) is 11.8 Å². The van der Waals surface area contributed by atoms with Gasteiger partial charge in [0.2, 0.25) is 5.91 Å². The third-order valence-electron chi connectivity index (χ3n) is 3.69. The molecule has 24 heavy (non-hydrogen) atoms. The average molecular weight is 361 g/mol. The highest BCUT2D eigenvalue weighted by atomic mass is 32.2. The van der Waals surface area contributed by atoms with Gasteiger partial charge in [0.1, 0.15) is 5.82 Å². The number of hydrogen-bond acceptors (Lipinski definition) is 5. The van der Waals surface area contributed by atoms with E-state index in [9.17, 15) is 4.79 Å². The second kappa shape index (κ2) is 7.90. The lowest BCUT2D eigenvalue weighted by Crippen LogP contribution is -2.14. The molecule has 0 spiro atoms. The van der Waals surface area contributed by atoms with Crippen LogP contribution in [0.2, 0.25) is 0 Å². The molecule has 1 aliphatic carbocycles. The molecule has 1 aliphatic rings. The number of carbonyl (C=O) groups excluding carboxylic acids is 1. The van der Waals surface area contributed by atoms with Crippen molar-refractivity contribution < 1.29 is 4.79 Å². The van der Waals surface area contributed by atoms with Crippen molar-refractivity contribution in [1.29, 1.82) is 0 Å². The Balaban J connectivity index is 1.60. The van der Waals surface area contributed by atoms with E-state index in [1.807, 2.05) is 36.6 Å². The highest BCUT2D eigenvalue weighted by Gasteiger charge is 2.30. The molecule has 1 aromatic heterocycles. The Kier molecular flexibility index (Phi) is 5.63. The molecule has 5 nitrogen and oxygen atoms in total. The molecule has 1 amide bonds. The highest BCUT2D eigenvalue weighted by Crippen LogP contribution is 2.40. The zero-order valence-electron chi connectivity index (χ0n) is 13.6. The van der Waals surface area contributed by atoms with Gasteiger partial charge in [-0.3, -0.25) is 4.79 Å². The van der Waals surface area contributed by atoms with Crippen molar-refractivity contribution in [2.24, 2.45) is 0 Å². The van der Waals surface area contributed by atoms with E-state index < -0.39 is 0 Å². The van der Waals surface area contributed by atoms with Crippen LogP contribution in [0.5, 0.6) is 0 Å². The molecule has 2 aromatic rings. The molecule has 0 saturated heterocycles. The summed E-state index contributed by atoms with van der Waals surface area (Å²) in [4.78, 5) is 13.3. The molecule has 0 atom stereocenters. The van der Waals surface area contributed by atoms with Gasteiger partial charge in [-0.25, -0.2) is 0 Å². The standard InChI is InChI=1S/C17H20N4OS2/c1-3-9-21-16(12-7-8-12)19-20-17(21)24-11-15(22)18-13-5-4-6-14(10-13)23-2/h3-6,10,12H,1,7-9,11H2,2H3,(H,18,22). The number of anilines is 1. The summed E-state index contributed by atoms with van der Waals surface area (Å²) in [6.45, 7) is 4.48.